The Morgan fingerprint density at radius 3 is 2.69 bits per heavy atom. The lowest BCUT2D eigenvalue weighted by atomic mass is 10.3. The molecular weight excluding hydrogens is 275 g/mol. The standard InChI is InChI=1S/C11H8BrFN2O/c12-9-3-2-8(6-10(9)13)16-7-11-14-4-1-5-15-11/h1-6H,7H2. The second-order valence-electron chi connectivity index (χ2n) is 3.03. The Hall–Kier alpha value is -1.49. The summed E-state index contributed by atoms with van der Waals surface area (Å²) in [6.45, 7) is 0.224. The Bertz CT molecular complexity index is 479. The molecule has 1 aromatic heterocycles. The third-order valence-corrected chi connectivity index (χ3v) is 2.52. The van der Waals surface area contributed by atoms with Crippen molar-refractivity contribution in [3.8, 4) is 5.75 Å². The van der Waals surface area contributed by atoms with E-state index in [0.29, 0.717) is 16.0 Å². The molecular formula is C11H8BrFN2O. The Labute approximate surface area is 100 Å². The van der Waals surface area contributed by atoms with Gasteiger partial charge >= 0.3 is 0 Å². The molecule has 0 N–H and O–H groups in total. The van der Waals surface area contributed by atoms with Gasteiger partial charge in [0.15, 0.2) is 5.82 Å². The molecule has 5 heteroatoms. The Kier molecular flexibility index (Phi) is 3.46. The van der Waals surface area contributed by atoms with Crippen LogP contribution in [0, 0.1) is 5.82 Å². The molecule has 0 radical (unpaired) electrons. The molecule has 0 bridgehead atoms. The van der Waals surface area contributed by atoms with E-state index in [1.165, 1.54) is 6.07 Å². The molecule has 0 unspecified atom stereocenters. The maximum Gasteiger partial charge on any atom is 0.166 e. The van der Waals surface area contributed by atoms with E-state index in [1.54, 1.807) is 30.6 Å². The normalized spacial score (nSPS) is 10.1. The summed E-state index contributed by atoms with van der Waals surface area (Å²) in [4.78, 5) is 7.99. The molecule has 1 aromatic carbocycles. The van der Waals surface area contributed by atoms with Gasteiger partial charge in [-0.1, -0.05) is 0 Å². The van der Waals surface area contributed by atoms with E-state index < -0.39 is 0 Å². The quantitative estimate of drug-likeness (QED) is 0.868. The summed E-state index contributed by atoms with van der Waals surface area (Å²) in [6, 6.07) is 6.31. The van der Waals surface area contributed by atoms with E-state index in [1.807, 2.05) is 0 Å². The fourth-order valence-corrected chi connectivity index (χ4v) is 1.37. The number of halogens is 2. The van der Waals surface area contributed by atoms with Gasteiger partial charge in [0.2, 0.25) is 0 Å². The number of ether oxygens (including phenoxy) is 1. The first-order valence-electron chi connectivity index (χ1n) is 4.59. The zero-order valence-electron chi connectivity index (χ0n) is 8.23. The number of nitrogens with zero attached hydrogens (tertiary/aromatic N) is 2. The van der Waals surface area contributed by atoms with Crippen LogP contribution in [0.4, 0.5) is 4.39 Å². The molecule has 1 heterocycles. The van der Waals surface area contributed by atoms with Gasteiger partial charge in [-0.2, -0.15) is 0 Å². The third-order valence-electron chi connectivity index (χ3n) is 1.88. The average Bonchev–Trinajstić information content (AvgIpc) is 2.32. The predicted octanol–water partition coefficient (Wildman–Crippen LogP) is 2.96. The minimum Gasteiger partial charge on any atom is -0.486 e. The van der Waals surface area contributed by atoms with Crippen LogP contribution in [0.15, 0.2) is 41.1 Å². The van der Waals surface area contributed by atoms with E-state index in [0.717, 1.165) is 0 Å². The highest BCUT2D eigenvalue weighted by Crippen LogP contribution is 2.21. The topological polar surface area (TPSA) is 35.0 Å². The highest BCUT2D eigenvalue weighted by Gasteiger charge is 2.02. The Morgan fingerprint density at radius 2 is 2.00 bits per heavy atom. The summed E-state index contributed by atoms with van der Waals surface area (Å²) in [7, 11) is 0. The number of hydrogen-bond donors (Lipinski definition) is 0. The lowest BCUT2D eigenvalue weighted by Crippen LogP contribution is -2.00. The molecule has 0 saturated heterocycles. The van der Waals surface area contributed by atoms with Gasteiger partial charge in [-0.3, -0.25) is 0 Å². The molecule has 82 valence electrons. The lowest BCUT2D eigenvalue weighted by Gasteiger charge is -2.05. The highest BCUT2D eigenvalue weighted by molar-refractivity contribution is 9.10. The summed E-state index contributed by atoms with van der Waals surface area (Å²) in [5.41, 5.74) is 0. The maximum atomic E-state index is 13.1. The van der Waals surface area contributed by atoms with Crippen molar-refractivity contribution in [2.45, 2.75) is 6.61 Å². The summed E-state index contributed by atoms with van der Waals surface area (Å²) >= 11 is 3.07. The summed E-state index contributed by atoms with van der Waals surface area (Å²) < 4.78 is 18.9. The fraction of sp³-hybridized carbons (Fsp3) is 0.0909. The van der Waals surface area contributed by atoms with Gasteiger partial charge in [-0.15, -0.1) is 0 Å². The molecule has 0 aliphatic carbocycles. The summed E-state index contributed by atoms with van der Waals surface area (Å²) in [5, 5.41) is 0. The monoisotopic (exact) mass is 282 g/mol. The van der Waals surface area contributed by atoms with Crippen molar-refractivity contribution in [1.29, 1.82) is 0 Å². The number of benzene rings is 1. The second kappa shape index (κ2) is 5.03. The molecule has 2 aromatic rings. The van der Waals surface area contributed by atoms with E-state index in [2.05, 4.69) is 25.9 Å². The van der Waals surface area contributed by atoms with Crippen molar-refractivity contribution < 1.29 is 9.13 Å². The van der Waals surface area contributed by atoms with Crippen LogP contribution in [-0.4, -0.2) is 9.97 Å². The first kappa shape index (κ1) is 11.0. The summed E-state index contributed by atoms with van der Waals surface area (Å²) in [5.74, 6) is 0.658. The second-order valence-corrected chi connectivity index (χ2v) is 3.88. The van der Waals surface area contributed by atoms with E-state index in [4.69, 9.17) is 4.74 Å². The van der Waals surface area contributed by atoms with Gasteiger partial charge in [0.05, 0.1) is 4.47 Å². The Balaban J connectivity index is 2.03. The van der Waals surface area contributed by atoms with Gasteiger partial charge in [-0.25, -0.2) is 14.4 Å². The van der Waals surface area contributed by atoms with Crippen LogP contribution in [0.1, 0.15) is 5.82 Å². The minimum absolute atomic E-state index is 0.224. The molecule has 0 aliphatic rings. The molecule has 0 atom stereocenters. The zero-order chi connectivity index (χ0) is 11.4. The first-order valence-corrected chi connectivity index (χ1v) is 5.39. The number of aromatic nitrogens is 2. The minimum atomic E-state index is -0.355. The van der Waals surface area contributed by atoms with Crippen LogP contribution in [0.3, 0.4) is 0 Å². The van der Waals surface area contributed by atoms with Gasteiger partial charge in [-0.05, 0) is 34.1 Å². The average molecular weight is 283 g/mol. The maximum absolute atomic E-state index is 13.1. The smallest absolute Gasteiger partial charge is 0.166 e. The van der Waals surface area contributed by atoms with Crippen LogP contribution in [0.5, 0.6) is 5.75 Å². The fourth-order valence-electron chi connectivity index (χ4n) is 1.12. The van der Waals surface area contributed by atoms with Crippen LogP contribution in [0.25, 0.3) is 0 Å². The van der Waals surface area contributed by atoms with Crippen molar-refractivity contribution in [2.75, 3.05) is 0 Å². The molecule has 0 aliphatic heterocycles. The van der Waals surface area contributed by atoms with Gasteiger partial charge < -0.3 is 4.74 Å². The predicted molar refractivity (Wildman–Crippen MR) is 60.5 cm³/mol. The van der Waals surface area contributed by atoms with Crippen LogP contribution in [-0.2, 0) is 6.61 Å². The van der Waals surface area contributed by atoms with Gasteiger partial charge in [0.1, 0.15) is 18.2 Å². The molecule has 0 spiro atoms. The van der Waals surface area contributed by atoms with Crippen molar-refractivity contribution in [2.24, 2.45) is 0 Å². The molecule has 3 nitrogen and oxygen atoms in total. The van der Waals surface area contributed by atoms with E-state index >= 15 is 0 Å². The largest absolute Gasteiger partial charge is 0.486 e. The van der Waals surface area contributed by atoms with Crippen LogP contribution >= 0.6 is 15.9 Å². The van der Waals surface area contributed by atoms with E-state index in [9.17, 15) is 4.39 Å². The van der Waals surface area contributed by atoms with E-state index in [-0.39, 0.29) is 12.4 Å². The van der Waals surface area contributed by atoms with Crippen molar-refractivity contribution >= 4 is 15.9 Å². The van der Waals surface area contributed by atoms with Gasteiger partial charge in [0.25, 0.3) is 0 Å². The molecule has 0 saturated carbocycles. The molecule has 16 heavy (non-hydrogen) atoms. The van der Waals surface area contributed by atoms with Crippen LogP contribution in [0.2, 0.25) is 0 Å². The van der Waals surface area contributed by atoms with Crippen molar-refractivity contribution in [3.63, 3.8) is 0 Å². The molecule has 0 fully saturated rings. The summed E-state index contributed by atoms with van der Waals surface area (Å²) in [6.07, 6.45) is 3.27. The van der Waals surface area contributed by atoms with Gasteiger partial charge in [0, 0.05) is 18.5 Å². The van der Waals surface area contributed by atoms with Crippen molar-refractivity contribution in [3.05, 3.63) is 52.8 Å². The lowest BCUT2D eigenvalue weighted by molar-refractivity contribution is 0.294. The zero-order valence-corrected chi connectivity index (χ0v) is 9.82. The van der Waals surface area contributed by atoms with Crippen molar-refractivity contribution in [1.82, 2.24) is 9.97 Å². The SMILES string of the molecule is Fc1cc(OCc2ncccn2)ccc1Br. The van der Waals surface area contributed by atoms with Crippen LogP contribution < -0.4 is 4.74 Å². The Morgan fingerprint density at radius 1 is 1.25 bits per heavy atom. The first-order chi connectivity index (χ1) is 7.75. The number of hydrogen-bond acceptors (Lipinski definition) is 3. The third kappa shape index (κ3) is 2.76. The molecule has 0 amide bonds. The number of rotatable bonds is 3. The molecule has 2 rings (SSSR count). The highest BCUT2D eigenvalue weighted by atomic mass is 79.9.